The highest BCUT2D eigenvalue weighted by Crippen LogP contribution is 2.13. The van der Waals surface area contributed by atoms with Crippen molar-refractivity contribution >= 4 is 6.16 Å². The van der Waals surface area contributed by atoms with Crippen molar-refractivity contribution < 1.29 is 14.6 Å². The first-order valence-corrected chi connectivity index (χ1v) is 4.72. The number of ether oxygens (including phenoxy) is 1. The molecule has 0 spiro atoms. The predicted molar refractivity (Wildman–Crippen MR) is 53.7 cm³/mol. The molecule has 0 aromatic heterocycles. The van der Waals surface area contributed by atoms with Crippen molar-refractivity contribution in [3.63, 3.8) is 0 Å². The first kappa shape index (κ1) is 10.6. The highest BCUT2D eigenvalue weighted by Gasteiger charge is 1.99. The Morgan fingerprint density at radius 3 is 2.50 bits per heavy atom. The topological polar surface area (TPSA) is 46.5 Å². The average molecular weight is 194 g/mol. The second-order valence-corrected chi connectivity index (χ2v) is 3.12. The number of benzene rings is 1. The van der Waals surface area contributed by atoms with E-state index in [4.69, 9.17) is 5.11 Å². The first-order chi connectivity index (χ1) is 6.72. The predicted octanol–water partition coefficient (Wildman–Crippen LogP) is 3.09. The van der Waals surface area contributed by atoms with Gasteiger partial charge in [-0.3, -0.25) is 0 Å². The van der Waals surface area contributed by atoms with Crippen LogP contribution in [0.2, 0.25) is 0 Å². The fourth-order valence-electron chi connectivity index (χ4n) is 1.21. The summed E-state index contributed by atoms with van der Waals surface area (Å²) in [6.45, 7) is 2.14. The molecular weight excluding hydrogens is 180 g/mol. The normalized spacial score (nSPS) is 9.79. The van der Waals surface area contributed by atoms with E-state index in [1.54, 1.807) is 12.1 Å². The van der Waals surface area contributed by atoms with Gasteiger partial charge < -0.3 is 9.84 Å². The van der Waals surface area contributed by atoms with Crippen molar-refractivity contribution in [2.24, 2.45) is 0 Å². The van der Waals surface area contributed by atoms with Crippen LogP contribution in [0.15, 0.2) is 24.3 Å². The minimum absolute atomic E-state index is 0.373. The highest BCUT2D eigenvalue weighted by atomic mass is 16.7. The quantitative estimate of drug-likeness (QED) is 0.591. The van der Waals surface area contributed by atoms with E-state index in [2.05, 4.69) is 11.7 Å². The summed E-state index contributed by atoms with van der Waals surface area (Å²) in [6.07, 6.45) is 2.07. The van der Waals surface area contributed by atoms with Gasteiger partial charge in [-0.2, -0.15) is 0 Å². The van der Waals surface area contributed by atoms with Gasteiger partial charge in [-0.1, -0.05) is 25.5 Å². The number of aryl methyl sites for hydroxylation is 1. The van der Waals surface area contributed by atoms with E-state index < -0.39 is 6.16 Å². The van der Waals surface area contributed by atoms with Gasteiger partial charge in [0.05, 0.1) is 0 Å². The Bertz CT molecular complexity index is 290. The monoisotopic (exact) mass is 194 g/mol. The van der Waals surface area contributed by atoms with Gasteiger partial charge >= 0.3 is 6.16 Å². The summed E-state index contributed by atoms with van der Waals surface area (Å²) in [5.74, 6) is 0.373. The van der Waals surface area contributed by atoms with Crippen LogP contribution in [0.3, 0.4) is 0 Å². The minimum Gasteiger partial charge on any atom is -0.449 e. The molecule has 0 radical (unpaired) electrons. The van der Waals surface area contributed by atoms with Crippen LogP contribution in [0.5, 0.6) is 5.75 Å². The molecule has 3 heteroatoms. The molecule has 0 heterocycles. The smallest absolute Gasteiger partial charge is 0.449 e. The van der Waals surface area contributed by atoms with E-state index in [1.807, 2.05) is 12.1 Å². The highest BCUT2D eigenvalue weighted by molar-refractivity contribution is 5.61. The maximum Gasteiger partial charge on any atom is 0.511 e. The largest absolute Gasteiger partial charge is 0.511 e. The maximum absolute atomic E-state index is 10.2. The van der Waals surface area contributed by atoms with Gasteiger partial charge in [-0.15, -0.1) is 0 Å². The van der Waals surface area contributed by atoms with Gasteiger partial charge in [0.2, 0.25) is 0 Å². The molecular formula is C11H14O3. The molecule has 0 amide bonds. The molecule has 1 N–H and O–H groups in total. The lowest BCUT2D eigenvalue weighted by Gasteiger charge is -2.02. The molecule has 0 fully saturated rings. The van der Waals surface area contributed by atoms with Crippen molar-refractivity contribution in [2.75, 3.05) is 0 Å². The summed E-state index contributed by atoms with van der Waals surface area (Å²) in [6, 6.07) is 7.15. The van der Waals surface area contributed by atoms with Gasteiger partial charge in [-0.05, 0) is 30.5 Å². The van der Waals surface area contributed by atoms with E-state index >= 15 is 0 Å². The minimum atomic E-state index is -1.27. The molecule has 3 nitrogen and oxygen atoms in total. The zero-order valence-corrected chi connectivity index (χ0v) is 8.19. The Morgan fingerprint density at radius 2 is 2.00 bits per heavy atom. The van der Waals surface area contributed by atoms with Crippen LogP contribution >= 0.6 is 0 Å². The van der Waals surface area contributed by atoms with Gasteiger partial charge in [0.15, 0.2) is 0 Å². The summed E-state index contributed by atoms with van der Waals surface area (Å²) in [7, 11) is 0. The Morgan fingerprint density at radius 1 is 1.36 bits per heavy atom. The number of unbranched alkanes of at least 4 members (excludes halogenated alkanes) is 1. The number of rotatable bonds is 4. The first-order valence-electron chi connectivity index (χ1n) is 4.72. The zero-order chi connectivity index (χ0) is 10.4. The zero-order valence-electron chi connectivity index (χ0n) is 8.19. The van der Waals surface area contributed by atoms with Crippen LogP contribution in [0.1, 0.15) is 25.3 Å². The molecule has 0 aliphatic carbocycles. The molecule has 76 valence electrons. The van der Waals surface area contributed by atoms with E-state index in [-0.39, 0.29) is 0 Å². The van der Waals surface area contributed by atoms with E-state index in [0.29, 0.717) is 5.75 Å². The number of carbonyl (C=O) groups is 1. The van der Waals surface area contributed by atoms with Crippen molar-refractivity contribution in [1.82, 2.24) is 0 Å². The van der Waals surface area contributed by atoms with Crippen LogP contribution in [0, 0.1) is 0 Å². The molecule has 1 rings (SSSR count). The third-order valence-corrected chi connectivity index (χ3v) is 1.95. The lowest BCUT2D eigenvalue weighted by molar-refractivity contribution is 0.144. The summed E-state index contributed by atoms with van der Waals surface area (Å²) in [5.41, 5.74) is 1.21. The molecule has 0 unspecified atom stereocenters. The van der Waals surface area contributed by atoms with E-state index in [1.165, 1.54) is 5.56 Å². The van der Waals surface area contributed by atoms with Crippen molar-refractivity contribution in [3.05, 3.63) is 29.8 Å². The van der Waals surface area contributed by atoms with Crippen molar-refractivity contribution in [3.8, 4) is 5.75 Å². The summed E-state index contributed by atoms with van der Waals surface area (Å²) >= 11 is 0. The van der Waals surface area contributed by atoms with Crippen molar-refractivity contribution in [1.29, 1.82) is 0 Å². The third kappa shape index (κ3) is 3.47. The van der Waals surface area contributed by atoms with Gasteiger partial charge in [0.25, 0.3) is 0 Å². The fourth-order valence-corrected chi connectivity index (χ4v) is 1.21. The molecule has 1 aromatic rings. The molecule has 0 aliphatic heterocycles. The van der Waals surface area contributed by atoms with Crippen LogP contribution in [-0.4, -0.2) is 11.3 Å². The third-order valence-electron chi connectivity index (χ3n) is 1.95. The van der Waals surface area contributed by atoms with E-state index in [0.717, 1.165) is 19.3 Å². The van der Waals surface area contributed by atoms with Crippen LogP contribution in [0.25, 0.3) is 0 Å². The summed E-state index contributed by atoms with van der Waals surface area (Å²) < 4.78 is 4.49. The summed E-state index contributed by atoms with van der Waals surface area (Å²) in [4.78, 5) is 10.2. The molecule has 0 atom stereocenters. The second kappa shape index (κ2) is 5.27. The SMILES string of the molecule is CCCCc1ccc(OC(=O)O)cc1. The van der Waals surface area contributed by atoms with E-state index in [9.17, 15) is 4.79 Å². The van der Waals surface area contributed by atoms with Crippen LogP contribution in [0.4, 0.5) is 4.79 Å². The Hall–Kier alpha value is -1.51. The molecule has 0 aliphatic rings. The van der Waals surface area contributed by atoms with Gasteiger partial charge in [0, 0.05) is 0 Å². The van der Waals surface area contributed by atoms with Crippen LogP contribution in [-0.2, 0) is 6.42 Å². The Labute approximate surface area is 83.3 Å². The lowest BCUT2D eigenvalue weighted by atomic mass is 10.1. The lowest BCUT2D eigenvalue weighted by Crippen LogP contribution is -2.02. The molecule has 1 aromatic carbocycles. The fraction of sp³-hybridized carbons (Fsp3) is 0.364. The number of carboxylic acid groups (broad SMARTS) is 1. The molecule has 0 saturated heterocycles. The average Bonchev–Trinajstić information content (AvgIpc) is 2.16. The number of hydrogen-bond acceptors (Lipinski definition) is 2. The molecule has 0 saturated carbocycles. The second-order valence-electron chi connectivity index (χ2n) is 3.12. The van der Waals surface area contributed by atoms with Gasteiger partial charge in [0.1, 0.15) is 5.75 Å². The standard InChI is InChI=1S/C11H14O3/c1-2-3-4-9-5-7-10(8-6-9)14-11(12)13/h5-8H,2-4H2,1H3,(H,12,13). The molecule has 0 bridgehead atoms. The maximum atomic E-state index is 10.2. The summed E-state index contributed by atoms with van der Waals surface area (Å²) in [5, 5.41) is 8.36. The van der Waals surface area contributed by atoms with Gasteiger partial charge in [-0.25, -0.2) is 4.79 Å². The number of hydrogen-bond donors (Lipinski definition) is 1. The Kier molecular flexibility index (Phi) is 3.98. The van der Waals surface area contributed by atoms with Crippen molar-refractivity contribution in [2.45, 2.75) is 26.2 Å². The van der Waals surface area contributed by atoms with Crippen LogP contribution < -0.4 is 4.74 Å². The Balaban J connectivity index is 2.54. The molecule has 14 heavy (non-hydrogen) atoms.